The molecule has 0 atom stereocenters. The van der Waals surface area contributed by atoms with Crippen molar-refractivity contribution in [2.24, 2.45) is 0 Å². The van der Waals surface area contributed by atoms with Crippen LogP contribution in [0.2, 0.25) is 0 Å². The highest BCUT2D eigenvalue weighted by Gasteiger charge is 2.05. The number of aromatic nitrogens is 2. The second-order valence-corrected chi connectivity index (χ2v) is 4.94. The second-order valence-electron chi connectivity index (χ2n) is 4.94. The third kappa shape index (κ3) is 4.35. The predicted molar refractivity (Wildman–Crippen MR) is 90.8 cm³/mol. The van der Waals surface area contributed by atoms with E-state index in [-0.39, 0.29) is 0 Å². The van der Waals surface area contributed by atoms with Crippen LogP contribution in [0.15, 0.2) is 36.5 Å². The summed E-state index contributed by atoms with van der Waals surface area (Å²) in [4.78, 5) is 11.0. The molecule has 0 aliphatic carbocycles. The summed E-state index contributed by atoms with van der Waals surface area (Å²) < 4.78 is 5.16. The predicted octanol–water partition coefficient (Wildman–Crippen LogP) is 2.99. The molecule has 1 aromatic carbocycles. The van der Waals surface area contributed by atoms with Crippen LogP contribution in [0.1, 0.15) is 19.4 Å². The van der Waals surface area contributed by atoms with Gasteiger partial charge in [-0.3, -0.25) is 0 Å². The fourth-order valence-corrected chi connectivity index (χ4v) is 2.23. The lowest BCUT2D eigenvalue weighted by Gasteiger charge is -2.18. The molecule has 0 aliphatic heterocycles. The quantitative estimate of drug-likeness (QED) is 0.812. The van der Waals surface area contributed by atoms with Crippen molar-refractivity contribution >= 4 is 11.8 Å². The molecule has 118 valence electrons. The molecule has 0 saturated carbocycles. The molecule has 22 heavy (non-hydrogen) atoms. The van der Waals surface area contributed by atoms with E-state index in [9.17, 15) is 0 Å². The van der Waals surface area contributed by atoms with E-state index in [1.54, 1.807) is 13.3 Å². The average Bonchev–Trinajstić information content (AvgIpc) is 2.57. The van der Waals surface area contributed by atoms with Crippen molar-refractivity contribution in [3.05, 3.63) is 42.1 Å². The topological polar surface area (TPSA) is 50.3 Å². The van der Waals surface area contributed by atoms with Crippen molar-refractivity contribution in [1.29, 1.82) is 0 Å². The Balaban J connectivity index is 1.89. The van der Waals surface area contributed by atoms with Gasteiger partial charge in [0.15, 0.2) is 0 Å². The van der Waals surface area contributed by atoms with Gasteiger partial charge in [-0.05, 0) is 44.0 Å². The SMILES string of the molecule is CCN(CC)c1nccc(NCCc2ccc(OC)cc2)n1. The van der Waals surface area contributed by atoms with E-state index in [1.165, 1.54) is 5.56 Å². The van der Waals surface area contributed by atoms with Crippen LogP contribution in [-0.2, 0) is 6.42 Å². The first-order valence-electron chi connectivity index (χ1n) is 7.71. The van der Waals surface area contributed by atoms with Gasteiger partial charge in [-0.15, -0.1) is 0 Å². The molecular formula is C17H24N4O. The van der Waals surface area contributed by atoms with Crippen LogP contribution in [0.3, 0.4) is 0 Å². The number of benzene rings is 1. The molecule has 1 heterocycles. The maximum atomic E-state index is 5.16. The van der Waals surface area contributed by atoms with E-state index in [0.29, 0.717) is 0 Å². The zero-order valence-corrected chi connectivity index (χ0v) is 13.5. The maximum Gasteiger partial charge on any atom is 0.227 e. The highest BCUT2D eigenvalue weighted by atomic mass is 16.5. The summed E-state index contributed by atoms with van der Waals surface area (Å²) in [6.07, 6.45) is 2.74. The molecule has 5 nitrogen and oxygen atoms in total. The molecule has 2 aromatic rings. The number of hydrogen-bond donors (Lipinski definition) is 1. The Morgan fingerprint density at radius 3 is 2.45 bits per heavy atom. The molecule has 1 aromatic heterocycles. The normalized spacial score (nSPS) is 10.3. The number of nitrogens with zero attached hydrogens (tertiary/aromatic N) is 3. The van der Waals surface area contributed by atoms with E-state index < -0.39 is 0 Å². The Morgan fingerprint density at radius 1 is 1.09 bits per heavy atom. The molecule has 0 amide bonds. The average molecular weight is 300 g/mol. The van der Waals surface area contributed by atoms with Crippen LogP contribution in [0.25, 0.3) is 0 Å². The summed E-state index contributed by atoms with van der Waals surface area (Å²) in [6.45, 7) is 6.87. The molecule has 5 heteroatoms. The van der Waals surface area contributed by atoms with E-state index in [1.807, 2.05) is 18.2 Å². The molecule has 1 N–H and O–H groups in total. The Bertz CT molecular complexity index is 567. The third-order valence-electron chi connectivity index (χ3n) is 3.57. The van der Waals surface area contributed by atoms with Gasteiger partial charge < -0.3 is 15.0 Å². The third-order valence-corrected chi connectivity index (χ3v) is 3.57. The van der Waals surface area contributed by atoms with Crippen LogP contribution in [-0.4, -0.2) is 36.7 Å². The highest BCUT2D eigenvalue weighted by Crippen LogP contribution is 2.13. The summed E-state index contributed by atoms with van der Waals surface area (Å²) in [7, 11) is 1.68. The molecule has 0 spiro atoms. The van der Waals surface area contributed by atoms with Crippen molar-refractivity contribution in [1.82, 2.24) is 9.97 Å². The molecule has 0 fully saturated rings. The van der Waals surface area contributed by atoms with Gasteiger partial charge in [-0.25, -0.2) is 4.98 Å². The standard InChI is InChI=1S/C17H24N4O/c1-4-21(5-2)17-19-13-11-16(20-17)18-12-10-14-6-8-15(22-3)9-7-14/h6-9,11,13H,4-5,10,12H2,1-3H3,(H,18,19,20). The fraction of sp³-hybridized carbons (Fsp3) is 0.412. The van der Waals surface area contributed by atoms with Crippen molar-refractivity contribution in [2.45, 2.75) is 20.3 Å². The maximum absolute atomic E-state index is 5.16. The Labute approximate surface area is 132 Å². The molecule has 0 radical (unpaired) electrons. The first-order chi connectivity index (χ1) is 10.8. The van der Waals surface area contributed by atoms with Gasteiger partial charge in [-0.2, -0.15) is 4.98 Å². The lowest BCUT2D eigenvalue weighted by molar-refractivity contribution is 0.414. The summed E-state index contributed by atoms with van der Waals surface area (Å²) in [5.41, 5.74) is 1.27. The zero-order chi connectivity index (χ0) is 15.8. The van der Waals surface area contributed by atoms with Gasteiger partial charge in [0.05, 0.1) is 7.11 Å². The molecule has 0 aliphatic rings. The van der Waals surface area contributed by atoms with Gasteiger partial charge in [0, 0.05) is 25.8 Å². The zero-order valence-electron chi connectivity index (χ0n) is 13.5. The lowest BCUT2D eigenvalue weighted by atomic mass is 10.1. The summed E-state index contributed by atoms with van der Waals surface area (Å²) >= 11 is 0. The Morgan fingerprint density at radius 2 is 1.82 bits per heavy atom. The van der Waals surface area contributed by atoms with Gasteiger partial charge in [-0.1, -0.05) is 12.1 Å². The molecule has 0 unspecified atom stereocenters. The first-order valence-corrected chi connectivity index (χ1v) is 7.71. The van der Waals surface area contributed by atoms with Crippen LogP contribution in [0.4, 0.5) is 11.8 Å². The minimum atomic E-state index is 0.777. The van der Waals surface area contributed by atoms with Gasteiger partial charge in [0.25, 0.3) is 0 Å². The van der Waals surface area contributed by atoms with E-state index in [4.69, 9.17) is 4.74 Å². The monoisotopic (exact) mass is 300 g/mol. The van der Waals surface area contributed by atoms with Crippen LogP contribution < -0.4 is 15.0 Å². The van der Waals surface area contributed by atoms with Crippen molar-refractivity contribution < 1.29 is 4.74 Å². The largest absolute Gasteiger partial charge is 0.497 e. The van der Waals surface area contributed by atoms with Gasteiger partial charge in [0.2, 0.25) is 5.95 Å². The van der Waals surface area contributed by atoms with Crippen molar-refractivity contribution in [2.75, 3.05) is 37.0 Å². The van der Waals surface area contributed by atoms with Crippen LogP contribution in [0.5, 0.6) is 5.75 Å². The smallest absolute Gasteiger partial charge is 0.227 e. The minimum absolute atomic E-state index is 0.777. The number of anilines is 2. The highest BCUT2D eigenvalue weighted by molar-refractivity contribution is 5.41. The molecule has 2 rings (SSSR count). The molecular weight excluding hydrogens is 276 g/mol. The molecule has 0 bridgehead atoms. The van der Waals surface area contributed by atoms with Crippen LogP contribution in [0, 0.1) is 0 Å². The lowest BCUT2D eigenvalue weighted by Crippen LogP contribution is -2.24. The number of rotatable bonds is 8. The van der Waals surface area contributed by atoms with E-state index in [0.717, 1.165) is 43.6 Å². The summed E-state index contributed by atoms with van der Waals surface area (Å²) in [5, 5.41) is 3.36. The molecule has 0 saturated heterocycles. The minimum Gasteiger partial charge on any atom is -0.497 e. The number of ether oxygens (including phenoxy) is 1. The first kappa shape index (κ1) is 16.1. The summed E-state index contributed by atoms with van der Waals surface area (Å²) in [5.74, 6) is 2.53. The fourth-order valence-electron chi connectivity index (χ4n) is 2.23. The number of nitrogens with one attached hydrogen (secondary N) is 1. The van der Waals surface area contributed by atoms with Crippen molar-refractivity contribution in [3.63, 3.8) is 0 Å². The van der Waals surface area contributed by atoms with Crippen LogP contribution >= 0.6 is 0 Å². The second kappa shape index (κ2) is 8.22. The summed E-state index contributed by atoms with van der Waals surface area (Å²) in [6, 6.07) is 10.0. The van der Waals surface area contributed by atoms with Crippen molar-refractivity contribution in [3.8, 4) is 5.75 Å². The van der Waals surface area contributed by atoms with Gasteiger partial charge >= 0.3 is 0 Å². The number of hydrogen-bond acceptors (Lipinski definition) is 5. The Kier molecular flexibility index (Phi) is 6.01. The van der Waals surface area contributed by atoms with E-state index in [2.05, 4.69) is 46.2 Å². The van der Waals surface area contributed by atoms with E-state index >= 15 is 0 Å². The van der Waals surface area contributed by atoms with Gasteiger partial charge in [0.1, 0.15) is 11.6 Å². The number of methoxy groups -OCH3 is 1. The Hall–Kier alpha value is -2.30.